The molecule has 0 saturated carbocycles. The molecule has 0 aliphatic heterocycles. The standard InChI is InChI=1S/C23H14Cl2F3N3O4/c24-16-6-3-5-13(10-16)22(34)35-19-7-2-1-4-14(19)12-29-31-21(33)20(32)30-18-11-15(23(26,27)28)8-9-17(18)25/h1-12H,(H,30,32)(H,31,33). The number of ether oxygens (including phenoxy) is 1. The molecule has 0 heterocycles. The Hall–Kier alpha value is -3.89. The van der Waals surface area contributed by atoms with Gasteiger partial charge >= 0.3 is 24.0 Å². The lowest BCUT2D eigenvalue weighted by atomic mass is 10.2. The van der Waals surface area contributed by atoms with E-state index in [1.165, 1.54) is 24.3 Å². The first-order valence-electron chi connectivity index (χ1n) is 9.62. The summed E-state index contributed by atoms with van der Waals surface area (Å²) in [5.74, 6) is -3.16. The molecule has 0 aliphatic carbocycles. The van der Waals surface area contributed by atoms with Crippen LogP contribution < -0.4 is 15.5 Å². The van der Waals surface area contributed by atoms with Gasteiger partial charge in [0.15, 0.2) is 0 Å². The van der Waals surface area contributed by atoms with Crippen molar-refractivity contribution in [2.24, 2.45) is 5.10 Å². The summed E-state index contributed by atoms with van der Waals surface area (Å²) < 4.78 is 43.9. The summed E-state index contributed by atoms with van der Waals surface area (Å²) in [7, 11) is 0. The molecule has 2 amide bonds. The summed E-state index contributed by atoms with van der Waals surface area (Å²) in [6.07, 6.45) is -3.55. The Balaban J connectivity index is 1.65. The fraction of sp³-hybridized carbons (Fsp3) is 0.0435. The minimum Gasteiger partial charge on any atom is -0.422 e. The number of hydrogen-bond acceptors (Lipinski definition) is 5. The van der Waals surface area contributed by atoms with Crippen LogP contribution in [0.5, 0.6) is 5.75 Å². The Morgan fingerprint density at radius 3 is 2.37 bits per heavy atom. The Morgan fingerprint density at radius 1 is 0.914 bits per heavy atom. The van der Waals surface area contributed by atoms with E-state index in [1.807, 2.05) is 10.7 Å². The number of nitrogens with one attached hydrogen (secondary N) is 2. The van der Waals surface area contributed by atoms with Crippen molar-refractivity contribution in [1.29, 1.82) is 0 Å². The smallest absolute Gasteiger partial charge is 0.416 e. The lowest BCUT2D eigenvalue weighted by Crippen LogP contribution is -2.32. The van der Waals surface area contributed by atoms with Crippen molar-refractivity contribution in [2.75, 3.05) is 5.32 Å². The Bertz CT molecular complexity index is 1310. The third kappa shape index (κ3) is 7.05. The summed E-state index contributed by atoms with van der Waals surface area (Å²) in [6.45, 7) is 0. The van der Waals surface area contributed by atoms with E-state index >= 15 is 0 Å². The topological polar surface area (TPSA) is 96.9 Å². The second-order valence-electron chi connectivity index (χ2n) is 6.78. The van der Waals surface area contributed by atoms with Crippen LogP contribution in [0.25, 0.3) is 0 Å². The maximum atomic E-state index is 12.9. The predicted molar refractivity (Wildman–Crippen MR) is 124 cm³/mol. The van der Waals surface area contributed by atoms with Gasteiger partial charge in [0.1, 0.15) is 5.75 Å². The zero-order valence-electron chi connectivity index (χ0n) is 17.4. The molecule has 0 fully saturated rings. The van der Waals surface area contributed by atoms with Crippen LogP contribution in [-0.4, -0.2) is 24.0 Å². The molecule has 3 aromatic carbocycles. The monoisotopic (exact) mass is 523 g/mol. The van der Waals surface area contributed by atoms with Gasteiger partial charge in [-0.05, 0) is 48.5 Å². The van der Waals surface area contributed by atoms with Gasteiger partial charge in [0.05, 0.1) is 28.1 Å². The number of carbonyl (C=O) groups excluding carboxylic acids is 3. The van der Waals surface area contributed by atoms with Crippen LogP contribution in [0.1, 0.15) is 21.5 Å². The zero-order valence-corrected chi connectivity index (χ0v) is 18.9. The van der Waals surface area contributed by atoms with E-state index in [0.717, 1.165) is 18.3 Å². The molecule has 0 spiro atoms. The van der Waals surface area contributed by atoms with Gasteiger partial charge in [0, 0.05) is 10.6 Å². The quantitative estimate of drug-likeness (QED) is 0.155. The number of benzene rings is 3. The third-order valence-corrected chi connectivity index (χ3v) is 4.86. The maximum Gasteiger partial charge on any atom is 0.416 e. The summed E-state index contributed by atoms with van der Waals surface area (Å²) in [5.41, 5.74) is 0.968. The van der Waals surface area contributed by atoms with Gasteiger partial charge in [-0.3, -0.25) is 9.59 Å². The summed E-state index contributed by atoms with van der Waals surface area (Å²) >= 11 is 11.7. The molecule has 12 heteroatoms. The fourth-order valence-corrected chi connectivity index (χ4v) is 3.00. The van der Waals surface area contributed by atoms with E-state index in [2.05, 4.69) is 5.10 Å². The Morgan fingerprint density at radius 2 is 1.66 bits per heavy atom. The number of para-hydroxylation sites is 1. The van der Waals surface area contributed by atoms with Crippen LogP contribution in [0.15, 0.2) is 71.8 Å². The first-order valence-corrected chi connectivity index (χ1v) is 10.4. The van der Waals surface area contributed by atoms with Crippen LogP contribution >= 0.6 is 23.2 Å². The van der Waals surface area contributed by atoms with Crippen LogP contribution in [0.3, 0.4) is 0 Å². The Kier molecular flexibility index (Phi) is 8.10. The minimum atomic E-state index is -4.67. The van der Waals surface area contributed by atoms with Crippen molar-refractivity contribution in [2.45, 2.75) is 6.18 Å². The number of halogens is 5. The molecule has 2 N–H and O–H groups in total. The molecule has 7 nitrogen and oxygen atoms in total. The van der Waals surface area contributed by atoms with Gasteiger partial charge in [0.2, 0.25) is 0 Å². The van der Waals surface area contributed by atoms with Gasteiger partial charge < -0.3 is 10.1 Å². The lowest BCUT2D eigenvalue weighted by molar-refractivity contribution is -0.137. The highest BCUT2D eigenvalue weighted by atomic mass is 35.5. The number of esters is 1. The van der Waals surface area contributed by atoms with Crippen LogP contribution in [0, 0.1) is 0 Å². The van der Waals surface area contributed by atoms with Crippen molar-refractivity contribution in [3.05, 3.63) is 93.5 Å². The highest BCUT2D eigenvalue weighted by Gasteiger charge is 2.31. The number of amides is 2. The molecule has 0 aromatic heterocycles. The number of hydrazone groups is 1. The van der Waals surface area contributed by atoms with E-state index in [9.17, 15) is 27.6 Å². The Labute approximate surface area is 206 Å². The van der Waals surface area contributed by atoms with Gasteiger partial charge in [-0.2, -0.15) is 18.3 Å². The second-order valence-corrected chi connectivity index (χ2v) is 7.63. The predicted octanol–water partition coefficient (Wildman–Crippen LogP) is 5.32. The van der Waals surface area contributed by atoms with Crippen LogP contribution in [0.4, 0.5) is 18.9 Å². The molecular weight excluding hydrogens is 510 g/mol. The molecule has 0 unspecified atom stereocenters. The van der Waals surface area contributed by atoms with Crippen molar-refractivity contribution in [3.8, 4) is 5.75 Å². The molecule has 0 radical (unpaired) electrons. The number of alkyl halides is 3. The molecule has 0 bridgehead atoms. The molecule has 0 atom stereocenters. The van der Waals surface area contributed by atoms with Gasteiger partial charge in [-0.25, -0.2) is 10.2 Å². The third-order valence-electron chi connectivity index (χ3n) is 4.30. The largest absolute Gasteiger partial charge is 0.422 e. The van der Waals surface area contributed by atoms with E-state index in [0.29, 0.717) is 11.1 Å². The van der Waals surface area contributed by atoms with Crippen LogP contribution in [0.2, 0.25) is 10.0 Å². The molecule has 0 aliphatic rings. The first kappa shape index (κ1) is 25.7. The number of carbonyl (C=O) groups is 3. The molecule has 3 aromatic rings. The van der Waals surface area contributed by atoms with E-state index in [-0.39, 0.29) is 21.9 Å². The average molecular weight is 524 g/mol. The van der Waals surface area contributed by atoms with E-state index < -0.39 is 35.2 Å². The van der Waals surface area contributed by atoms with Crippen LogP contribution in [-0.2, 0) is 15.8 Å². The highest BCUT2D eigenvalue weighted by molar-refractivity contribution is 6.41. The highest BCUT2D eigenvalue weighted by Crippen LogP contribution is 2.33. The number of rotatable bonds is 5. The summed E-state index contributed by atoms with van der Waals surface area (Å²) in [5, 5.41) is 5.77. The number of anilines is 1. The SMILES string of the molecule is O=C(NN=Cc1ccccc1OC(=O)c1cccc(Cl)c1)C(=O)Nc1cc(C(F)(F)F)ccc1Cl. The normalized spacial score (nSPS) is 11.2. The molecule has 35 heavy (non-hydrogen) atoms. The molecule has 180 valence electrons. The second kappa shape index (κ2) is 11.0. The van der Waals surface area contributed by atoms with E-state index in [1.54, 1.807) is 24.3 Å². The maximum absolute atomic E-state index is 12.9. The summed E-state index contributed by atoms with van der Waals surface area (Å²) in [4.78, 5) is 36.4. The van der Waals surface area contributed by atoms with Crippen molar-refractivity contribution in [1.82, 2.24) is 5.43 Å². The van der Waals surface area contributed by atoms with Crippen molar-refractivity contribution >= 4 is 52.9 Å². The van der Waals surface area contributed by atoms with Crippen molar-refractivity contribution in [3.63, 3.8) is 0 Å². The molecule has 0 saturated heterocycles. The van der Waals surface area contributed by atoms with Gasteiger partial charge in [-0.15, -0.1) is 0 Å². The van der Waals surface area contributed by atoms with Crippen molar-refractivity contribution < 1.29 is 32.3 Å². The van der Waals surface area contributed by atoms with Gasteiger partial charge in [-0.1, -0.05) is 41.4 Å². The minimum absolute atomic E-state index is 0.107. The number of hydrogen-bond donors (Lipinski definition) is 2. The fourth-order valence-electron chi connectivity index (χ4n) is 2.64. The summed E-state index contributed by atoms with van der Waals surface area (Å²) in [6, 6.07) is 14.6. The zero-order chi connectivity index (χ0) is 25.6. The molecule has 3 rings (SSSR count). The van der Waals surface area contributed by atoms with Gasteiger partial charge in [0.25, 0.3) is 0 Å². The van der Waals surface area contributed by atoms with E-state index in [4.69, 9.17) is 27.9 Å². The lowest BCUT2D eigenvalue weighted by Gasteiger charge is -2.11. The first-order chi connectivity index (χ1) is 16.5. The molecular formula is C23H14Cl2F3N3O4. The average Bonchev–Trinajstić information content (AvgIpc) is 2.80. The number of nitrogens with zero attached hydrogens (tertiary/aromatic N) is 1.